The van der Waals surface area contributed by atoms with Crippen molar-refractivity contribution in [3.63, 3.8) is 0 Å². The molecule has 1 amide bonds. The lowest BCUT2D eigenvalue weighted by molar-refractivity contribution is -0.137. The SMILES string of the molecule is O=C(O)CCC1CCCN(C(=O)C2CCc3ccccc32)C1. The van der Waals surface area contributed by atoms with Crippen LogP contribution in [0.3, 0.4) is 0 Å². The number of rotatable bonds is 4. The fourth-order valence-corrected chi connectivity index (χ4v) is 3.86. The maximum atomic E-state index is 12.9. The molecule has 0 radical (unpaired) electrons. The van der Waals surface area contributed by atoms with Crippen LogP contribution < -0.4 is 0 Å². The van der Waals surface area contributed by atoms with Crippen LogP contribution in [0.1, 0.15) is 49.1 Å². The van der Waals surface area contributed by atoms with Crippen molar-refractivity contribution >= 4 is 11.9 Å². The van der Waals surface area contributed by atoms with Crippen LogP contribution in [-0.2, 0) is 16.0 Å². The molecule has 2 aliphatic rings. The quantitative estimate of drug-likeness (QED) is 0.930. The molecule has 0 aromatic heterocycles. The summed E-state index contributed by atoms with van der Waals surface area (Å²) >= 11 is 0. The Bertz CT molecular complexity index is 569. The number of benzene rings is 1. The molecule has 0 bridgehead atoms. The van der Waals surface area contributed by atoms with Crippen LogP contribution >= 0.6 is 0 Å². The van der Waals surface area contributed by atoms with Crippen molar-refractivity contribution < 1.29 is 14.7 Å². The zero-order valence-electron chi connectivity index (χ0n) is 12.8. The summed E-state index contributed by atoms with van der Waals surface area (Å²) in [6, 6.07) is 8.25. The number of hydrogen-bond acceptors (Lipinski definition) is 2. The number of carboxylic acids is 1. The third-order valence-corrected chi connectivity index (χ3v) is 5.03. The fraction of sp³-hybridized carbons (Fsp3) is 0.556. The van der Waals surface area contributed by atoms with Gasteiger partial charge in [0.25, 0.3) is 0 Å². The van der Waals surface area contributed by atoms with Gasteiger partial charge in [-0.05, 0) is 49.1 Å². The molecule has 1 aliphatic heterocycles. The minimum absolute atomic E-state index is 0.00873. The van der Waals surface area contributed by atoms with Crippen LogP contribution in [0.15, 0.2) is 24.3 Å². The second-order valence-electron chi connectivity index (χ2n) is 6.51. The Labute approximate surface area is 131 Å². The largest absolute Gasteiger partial charge is 0.481 e. The van der Waals surface area contributed by atoms with E-state index in [2.05, 4.69) is 12.1 Å². The average Bonchev–Trinajstić information content (AvgIpc) is 2.96. The smallest absolute Gasteiger partial charge is 0.303 e. The molecular formula is C18H23NO3. The summed E-state index contributed by atoms with van der Waals surface area (Å²) in [5.41, 5.74) is 2.50. The third kappa shape index (κ3) is 3.16. The van der Waals surface area contributed by atoms with E-state index < -0.39 is 5.97 Å². The predicted octanol–water partition coefficient (Wildman–Crippen LogP) is 2.82. The molecule has 1 aliphatic carbocycles. The minimum Gasteiger partial charge on any atom is -0.481 e. The minimum atomic E-state index is -0.742. The summed E-state index contributed by atoms with van der Waals surface area (Å²) < 4.78 is 0. The normalized spacial score (nSPS) is 24.1. The molecule has 1 fully saturated rings. The number of carbonyl (C=O) groups excluding carboxylic acids is 1. The molecule has 0 spiro atoms. The van der Waals surface area contributed by atoms with E-state index in [-0.39, 0.29) is 18.2 Å². The Balaban J connectivity index is 1.64. The lowest BCUT2D eigenvalue weighted by Crippen LogP contribution is -2.42. The van der Waals surface area contributed by atoms with E-state index >= 15 is 0 Å². The highest BCUT2D eigenvalue weighted by Crippen LogP contribution is 2.35. The predicted molar refractivity (Wildman–Crippen MR) is 83.7 cm³/mol. The van der Waals surface area contributed by atoms with Gasteiger partial charge in [-0.15, -0.1) is 0 Å². The molecule has 4 nitrogen and oxygen atoms in total. The zero-order valence-corrected chi connectivity index (χ0v) is 12.8. The first-order chi connectivity index (χ1) is 10.6. The van der Waals surface area contributed by atoms with Crippen molar-refractivity contribution in [3.8, 4) is 0 Å². The van der Waals surface area contributed by atoms with Crippen molar-refractivity contribution in [1.82, 2.24) is 4.90 Å². The molecular weight excluding hydrogens is 278 g/mol. The third-order valence-electron chi connectivity index (χ3n) is 5.03. The van der Waals surface area contributed by atoms with Gasteiger partial charge in [0.15, 0.2) is 0 Å². The molecule has 22 heavy (non-hydrogen) atoms. The summed E-state index contributed by atoms with van der Waals surface area (Å²) in [6.45, 7) is 1.55. The Hall–Kier alpha value is -1.84. The van der Waals surface area contributed by atoms with E-state index in [1.807, 2.05) is 17.0 Å². The van der Waals surface area contributed by atoms with Crippen LogP contribution in [-0.4, -0.2) is 35.0 Å². The van der Waals surface area contributed by atoms with Crippen molar-refractivity contribution in [2.24, 2.45) is 5.92 Å². The molecule has 1 N–H and O–H groups in total. The van der Waals surface area contributed by atoms with E-state index in [0.29, 0.717) is 12.3 Å². The Morgan fingerprint density at radius 2 is 2.05 bits per heavy atom. The number of amides is 1. The van der Waals surface area contributed by atoms with Crippen molar-refractivity contribution in [1.29, 1.82) is 0 Å². The van der Waals surface area contributed by atoms with Crippen LogP contribution in [0.5, 0.6) is 0 Å². The topological polar surface area (TPSA) is 57.6 Å². The van der Waals surface area contributed by atoms with E-state index in [0.717, 1.165) is 38.8 Å². The van der Waals surface area contributed by atoms with E-state index in [4.69, 9.17) is 5.11 Å². The highest BCUT2D eigenvalue weighted by atomic mass is 16.4. The Morgan fingerprint density at radius 1 is 1.23 bits per heavy atom. The molecule has 0 saturated carbocycles. The second-order valence-corrected chi connectivity index (χ2v) is 6.51. The summed E-state index contributed by atoms with van der Waals surface area (Å²) in [5, 5.41) is 8.82. The standard InChI is InChI=1S/C18H23NO3/c20-17(21)10-7-13-4-3-11-19(12-13)18(22)16-9-8-14-5-1-2-6-15(14)16/h1-2,5-6,13,16H,3-4,7-12H2,(H,20,21). The molecule has 1 aromatic rings. The van der Waals surface area contributed by atoms with Gasteiger partial charge >= 0.3 is 5.97 Å². The van der Waals surface area contributed by atoms with Crippen molar-refractivity contribution in [2.75, 3.05) is 13.1 Å². The van der Waals surface area contributed by atoms with Crippen LogP contribution in [0.25, 0.3) is 0 Å². The van der Waals surface area contributed by atoms with Gasteiger partial charge in [-0.1, -0.05) is 24.3 Å². The van der Waals surface area contributed by atoms with Crippen LogP contribution in [0.4, 0.5) is 0 Å². The molecule has 1 saturated heterocycles. The van der Waals surface area contributed by atoms with Gasteiger partial charge in [0.1, 0.15) is 0 Å². The highest BCUT2D eigenvalue weighted by molar-refractivity contribution is 5.85. The van der Waals surface area contributed by atoms with Gasteiger partial charge in [-0.3, -0.25) is 9.59 Å². The number of likely N-dealkylation sites (tertiary alicyclic amines) is 1. The average molecular weight is 301 g/mol. The number of hydrogen-bond donors (Lipinski definition) is 1. The molecule has 2 unspecified atom stereocenters. The van der Waals surface area contributed by atoms with Crippen LogP contribution in [0.2, 0.25) is 0 Å². The van der Waals surface area contributed by atoms with E-state index in [1.165, 1.54) is 11.1 Å². The van der Waals surface area contributed by atoms with E-state index in [1.54, 1.807) is 0 Å². The molecule has 4 heteroatoms. The zero-order chi connectivity index (χ0) is 15.5. The summed E-state index contributed by atoms with van der Waals surface area (Å²) in [5.74, 6) is -0.155. The molecule has 118 valence electrons. The Kier molecular flexibility index (Phi) is 4.46. The van der Waals surface area contributed by atoms with Crippen molar-refractivity contribution in [3.05, 3.63) is 35.4 Å². The van der Waals surface area contributed by atoms with Crippen LogP contribution in [0, 0.1) is 5.92 Å². The van der Waals surface area contributed by atoms with Gasteiger partial charge in [0.2, 0.25) is 5.91 Å². The number of fused-ring (bicyclic) bond motifs is 1. The van der Waals surface area contributed by atoms with Gasteiger partial charge in [0, 0.05) is 19.5 Å². The molecule has 2 atom stereocenters. The molecule has 1 aromatic carbocycles. The fourth-order valence-electron chi connectivity index (χ4n) is 3.86. The van der Waals surface area contributed by atoms with Gasteiger partial charge in [0.05, 0.1) is 5.92 Å². The maximum Gasteiger partial charge on any atom is 0.303 e. The number of nitrogens with zero attached hydrogens (tertiary/aromatic N) is 1. The Morgan fingerprint density at radius 3 is 2.86 bits per heavy atom. The maximum absolute atomic E-state index is 12.9. The molecule has 1 heterocycles. The first kappa shape index (κ1) is 15.1. The number of carbonyl (C=O) groups is 2. The summed E-state index contributed by atoms with van der Waals surface area (Å²) in [4.78, 5) is 25.6. The lowest BCUT2D eigenvalue weighted by atomic mass is 9.91. The van der Waals surface area contributed by atoms with Gasteiger partial charge in [-0.2, -0.15) is 0 Å². The lowest BCUT2D eigenvalue weighted by Gasteiger charge is -2.34. The van der Waals surface area contributed by atoms with Crippen molar-refractivity contribution in [2.45, 2.75) is 44.4 Å². The number of piperidine rings is 1. The number of aryl methyl sites for hydroxylation is 1. The van der Waals surface area contributed by atoms with Gasteiger partial charge in [-0.25, -0.2) is 0 Å². The van der Waals surface area contributed by atoms with E-state index in [9.17, 15) is 9.59 Å². The monoisotopic (exact) mass is 301 g/mol. The first-order valence-electron chi connectivity index (χ1n) is 8.23. The molecule has 3 rings (SSSR count). The summed E-state index contributed by atoms with van der Waals surface area (Å²) in [7, 11) is 0. The summed E-state index contributed by atoms with van der Waals surface area (Å²) in [6.07, 6.45) is 4.82. The van der Waals surface area contributed by atoms with Gasteiger partial charge < -0.3 is 10.0 Å². The first-order valence-corrected chi connectivity index (χ1v) is 8.23. The number of aliphatic carboxylic acids is 1. The highest BCUT2D eigenvalue weighted by Gasteiger charge is 2.33. The second kappa shape index (κ2) is 6.51. The number of carboxylic acid groups (broad SMARTS) is 1.